The quantitative estimate of drug-likeness (QED) is 0.222. The monoisotopic (exact) mass is 490 g/mol. The third-order valence-corrected chi connectivity index (χ3v) is 5.48. The number of hydrogen-bond donors (Lipinski definition) is 2. The van der Waals surface area contributed by atoms with Crippen LogP contribution < -0.4 is 19.5 Å². The molecule has 0 aliphatic carbocycles. The Balaban J connectivity index is 1.68. The lowest BCUT2D eigenvalue weighted by atomic mass is 10.2. The Bertz CT molecular complexity index is 1310. The number of alkyl halides is 3. The van der Waals surface area contributed by atoms with Gasteiger partial charge in [-0.15, -0.1) is 0 Å². The molecule has 0 fully saturated rings. The minimum absolute atomic E-state index is 0.151. The van der Waals surface area contributed by atoms with Crippen LogP contribution in [0.15, 0.2) is 65.6 Å². The van der Waals surface area contributed by atoms with Gasteiger partial charge in [0.25, 0.3) is 0 Å². The van der Waals surface area contributed by atoms with Gasteiger partial charge in [-0.1, -0.05) is 12.1 Å². The van der Waals surface area contributed by atoms with Gasteiger partial charge in [-0.3, -0.25) is 0 Å². The van der Waals surface area contributed by atoms with Crippen molar-refractivity contribution >= 4 is 40.3 Å². The van der Waals surface area contributed by atoms with Crippen LogP contribution in [-0.4, -0.2) is 24.2 Å². The van der Waals surface area contributed by atoms with Gasteiger partial charge in [0.05, 0.1) is 30.8 Å². The highest BCUT2D eigenvalue weighted by molar-refractivity contribution is 8.00. The molecule has 0 saturated heterocycles. The molecule has 0 aliphatic rings. The van der Waals surface area contributed by atoms with E-state index in [2.05, 4.69) is 20.0 Å². The van der Waals surface area contributed by atoms with Gasteiger partial charge in [-0.05, 0) is 42.3 Å². The summed E-state index contributed by atoms with van der Waals surface area (Å²) in [5.41, 5.74) is 0.437. The molecule has 1 aromatic heterocycles. The van der Waals surface area contributed by atoms with Crippen LogP contribution in [0.5, 0.6) is 11.5 Å². The number of anilines is 3. The first-order valence-electron chi connectivity index (χ1n) is 9.83. The summed E-state index contributed by atoms with van der Waals surface area (Å²) >= 11 is 0.853. The maximum Gasteiger partial charge on any atom is 0.419 e. The van der Waals surface area contributed by atoms with Gasteiger partial charge in [-0.2, -0.15) is 13.2 Å². The average molecular weight is 490 g/mol. The molecular formula is C23H18F4N4O2S. The van der Waals surface area contributed by atoms with Crippen molar-refractivity contribution in [3.05, 3.63) is 72.0 Å². The molecule has 0 saturated carbocycles. The van der Waals surface area contributed by atoms with E-state index < -0.39 is 17.6 Å². The van der Waals surface area contributed by atoms with Crippen LogP contribution in [0, 0.1) is 5.82 Å². The number of halogens is 4. The van der Waals surface area contributed by atoms with E-state index in [4.69, 9.17) is 9.47 Å². The van der Waals surface area contributed by atoms with Crippen molar-refractivity contribution in [1.29, 1.82) is 0 Å². The van der Waals surface area contributed by atoms with E-state index in [0.29, 0.717) is 34.0 Å². The summed E-state index contributed by atoms with van der Waals surface area (Å²) in [6.07, 6.45) is -4.80. The molecule has 0 bridgehead atoms. The summed E-state index contributed by atoms with van der Waals surface area (Å²) in [6.45, 7) is 0. The maximum atomic E-state index is 13.6. The predicted octanol–water partition coefficient (Wildman–Crippen LogP) is 6.67. The lowest BCUT2D eigenvalue weighted by Gasteiger charge is -2.15. The molecule has 0 amide bonds. The number of rotatable bonds is 7. The molecule has 4 aromatic rings. The fourth-order valence-electron chi connectivity index (χ4n) is 3.07. The van der Waals surface area contributed by atoms with Crippen LogP contribution in [0.25, 0.3) is 11.0 Å². The Hall–Kier alpha value is -3.73. The summed E-state index contributed by atoms with van der Waals surface area (Å²) in [4.78, 5) is 9.29. The zero-order valence-electron chi connectivity index (χ0n) is 17.9. The normalized spacial score (nSPS) is 11.4. The van der Waals surface area contributed by atoms with Crippen LogP contribution >= 0.6 is 11.9 Å². The van der Waals surface area contributed by atoms with Crippen LogP contribution in [0.2, 0.25) is 0 Å². The van der Waals surface area contributed by atoms with Crippen molar-refractivity contribution in [3.8, 4) is 11.5 Å². The first-order chi connectivity index (χ1) is 16.3. The van der Waals surface area contributed by atoms with E-state index >= 15 is 0 Å². The number of nitrogens with one attached hydrogen (secondary N) is 2. The molecule has 0 atom stereocenters. The summed E-state index contributed by atoms with van der Waals surface area (Å²) < 4.78 is 66.4. The molecule has 0 radical (unpaired) electrons. The summed E-state index contributed by atoms with van der Waals surface area (Å²) in [5, 5.41) is 3.15. The molecule has 0 unspecified atom stereocenters. The number of methoxy groups -OCH3 is 2. The molecule has 34 heavy (non-hydrogen) atoms. The van der Waals surface area contributed by atoms with Gasteiger partial charge < -0.3 is 19.5 Å². The molecule has 0 spiro atoms. The second kappa shape index (κ2) is 9.64. The van der Waals surface area contributed by atoms with Crippen molar-refractivity contribution in [1.82, 2.24) is 9.97 Å². The molecule has 1 heterocycles. The van der Waals surface area contributed by atoms with Gasteiger partial charge in [-0.25, -0.2) is 14.4 Å². The van der Waals surface area contributed by atoms with E-state index in [0.717, 1.165) is 24.1 Å². The molecule has 4 rings (SSSR count). The van der Waals surface area contributed by atoms with E-state index in [9.17, 15) is 17.6 Å². The molecular weight excluding hydrogens is 472 g/mol. The van der Waals surface area contributed by atoms with Crippen LogP contribution in [0.3, 0.4) is 0 Å². The van der Waals surface area contributed by atoms with Crippen molar-refractivity contribution in [2.24, 2.45) is 0 Å². The molecule has 11 heteroatoms. The molecule has 6 nitrogen and oxygen atoms in total. The third-order valence-electron chi connectivity index (χ3n) is 4.69. The predicted molar refractivity (Wildman–Crippen MR) is 123 cm³/mol. The first kappa shape index (κ1) is 23.4. The van der Waals surface area contributed by atoms with E-state index in [1.165, 1.54) is 20.3 Å². The Morgan fingerprint density at radius 1 is 0.824 bits per heavy atom. The lowest BCUT2D eigenvalue weighted by Crippen LogP contribution is -2.08. The fraction of sp³-hybridized carbons (Fsp3) is 0.130. The fourth-order valence-corrected chi connectivity index (χ4v) is 3.74. The summed E-state index contributed by atoms with van der Waals surface area (Å²) in [5.74, 6) is 0.343. The molecule has 176 valence electrons. The zero-order chi connectivity index (χ0) is 24.3. The number of para-hydroxylation sites is 2. The van der Waals surface area contributed by atoms with Gasteiger partial charge >= 0.3 is 6.18 Å². The van der Waals surface area contributed by atoms with Crippen molar-refractivity contribution in [2.45, 2.75) is 11.1 Å². The number of hydrogen-bond acceptors (Lipinski definition) is 7. The highest BCUT2D eigenvalue weighted by Gasteiger charge is 2.34. The number of nitrogens with zero attached hydrogens (tertiary/aromatic N) is 2. The third kappa shape index (κ3) is 5.25. The van der Waals surface area contributed by atoms with E-state index in [-0.39, 0.29) is 10.7 Å². The van der Waals surface area contributed by atoms with Gasteiger partial charge in [0.1, 0.15) is 17.3 Å². The zero-order valence-corrected chi connectivity index (χ0v) is 18.7. The van der Waals surface area contributed by atoms with Crippen molar-refractivity contribution < 1.29 is 27.0 Å². The second-order valence-electron chi connectivity index (χ2n) is 6.98. The van der Waals surface area contributed by atoms with Crippen LogP contribution in [0.4, 0.5) is 34.9 Å². The number of aromatic nitrogens is 2. The van der Waals surface area contributed by atoms with E-state index in [1.54, 1.807) is 36.4 Å². The minimum Gasteiger partial charge on any atom is -0.497 e. The van der Waals surface area contributed by atoms with Crippen LogP contribution in [-0.2, 0) is 6.18 Å². The highest BCUT2D eigenvalue weighted by Crippen LogP contribution is 2.36. The highest BCUT2D eigenvalue weighted by atomic mass is 32.2. The second-order valence-corrected chi connectivity index (χ2v) is 7.86. The summed E-state index contributed by atoms with van der Waals surface area (Å²) in [6, 6.07) is 15.1. The smallest absolute Gasteiger partial charge is 0.419 e. The first-order valence-corrected chi connectivity index (χ1v) is 10.6. The molecule has 2 N–H and O–H groups in total. The Morgan fingerprint density at radius 2 is 1.44 bits per heavy atom. The van der Waals surface area contributed by atoms with Crippen molar-refractivity contribution in [3.63, 3.8) is 0 Å². The maximum absolute atomic E-state index is 13.6. The SMILES string of the molecule is COc1cc(Nc2nc3ccccc3nc2NSc2ccc(F)c(C(F)(F)F)c2)cc(OC)c1. The van der Waals surface area contributed by atoms with Gasteiger partial charge in [0.15, 0.2) is 11.6 Å². The number of fused-ring (bicyclic) bond motifs is 1. The number of ether oxygens (including phenoxy) is 2. The van der Waals surface area contributed by atoms with E-state index in [1.807, 2.05) is 6.07 Å². The number of benzene rings is 3. The average Bonchev–Trinajstić information content (AvgIpc) is 2.82. The largest absolute Gasteiger partial charge is 0.497 e. The van der Waals surface area contributed by atoms with Gasteiger partial charge in [0.2, 0.25) is 0 Å². The lowest BCUT2D eigenvalue weighted by molar-refractivity contribution is -0.140. The topological polar surface area (TPSA) is 68.3 Å². The Labute approximate surface area is 196 Å². The standard InChI is InChI=1S/C23H18F4N4O2S/c1-32-14-9-13(10-15(11-14)33-2)28-21-22(30-20-6-4-3-5-19(20)29-21)31-34-16-7-8-18(24)17(12-16)23(25,26)27/h3-12H,1-2H3,(H,28,29)(H,30,31). The van der Waals surface area contributed by atoms with Crippen LogP contribution in [0.1, 0.15) is 5.56 Å². The Morgan fingerprint density at radius 3 is 2.03 bits per heavy atom. The minimum atomic E-state index is -4.80. The van der Waals surface area contributed by atoms with Crippen molar-refractivity contribution in [2.75, 3.05) is 24.3 Å². The molecule has 0 aliphatic heterocycles. The Kier molecular flexibility index (Phi) is 6.64. The van der Waals surface area contributed by atoms with Gasteiger partial charge in [0, 0.05) is 28.8 Å². The summed E-state index contributed by atoms with van der Waals surface area (Å²) in [7, 11) is 3.05. The molecule has 3 aromatic carbocycles.